The van der Waals surface area contributed by atoms with Gasteiger partial charge in [0.1, 0.15) is 5.82 Å². The van der Waals surface area contributed by atoms with Crippen molar-refractivity contribution in [3.63, 3.8) is 0 Å². The van der Waals surface area contributed by atoms with Gasteiger partial charge in [0, 0.05) is 12.1 Å². The van der Waals surface area contributed by atoms with E-state index in [9.17, 15) is 0 Å². The van der Waals surface area contributed by atoms with Crippen LogP contribution in [-0.4, -0.2) is 9.55 Å². The molecule has 22 heavy (non-hydrogen) atoms. The zero-order valence-corrected chi connectivity index (χ0v) is 13.5. The molecule has 2 nitrogen and oxygen atoms in total. The van der Waals surface area contributed by atoms with Gasteiger partial charge in [-0.1, -0.05) is 62.6 Å². The van der Waals surface area contributed by atoms with Crippen molar-refractivity contribution in [2.24, 2.45) is 0 Å². The number of aromatic nitrogens is 2. The van der Waals surface area contributed by atoms with E-state index in [2.05, 4.69) is 66.9 Å². The van der Waals surface area contributed by atoms with Gasteiger partial charge < -0.3 is 4.57 Å². The molecule has 0 saturated carbocycles. The summed E-state index contributed by atoms with van der Waals surface area (Å²) < 4.78 is 2.40. The van der Waals surface area contributed by atoms with E-state index in [-0.39, 0.29) is 0 Å². The second kappa shape index (κ2) is 6.78. The number of imidazole rings is 1. The molecular weight excluding hydrogens is 268 g/mol. The molecule has 0 bridgehead atoms. The summed E-state index contributed by atoms with van der Waals surface area (Å²) in [7, 11) is 0. The molecular formula is C20H24N2. The average Bonchev–Trinajstić information content (AvgIpc) is 2.90. The van der Waals surface area contributed by atoms with Crippen LogP contribution in [0.15, 0.2) is 48.5 Å². The minimum absolute atomic E-state index is 1.05. The molecule has 0 saturated heterocycles. The van der Waals surface area contributed by atoms with Crippen LogP contribution in [0.5, 0.6) is 0 Å². The number of unbranched alkanes of at least 4 members (excludes halogenated alkanes) is 3. The molecule has 2 heteroatoms. The number of fused-ring (bicyclic) bond motifs is 1. The smallest absolute Gasteiger partial charge is 0.141 e. The third-order valence-electron chi connectivity index (χ3n) is 4.28. The summed E-state index contributed by atoms with van der Waals surface area (Å²) in [4.78, 5) is 4.91. The number of hydrogen-bond donors (Lipinski definition) is 0. The fourth-order valence-corrected chi connectivity index (χ4v) is 3.03. The monoisotopic (exact) mass is 292 g/mol. The molecule has 2 aromatic carbocycles. The molecule has 0 fully saturated rings. The third-order valence-corrected chi connectivity index (χ3v) is 4.28. The normalized spacial score (nSPS) is 11.2. The molecule has 0 aliphatic rings. The van der Waals surface area contributed by atoms with Gasteiger partial charge >= 0.3 is 0 Å². The first kappa shape index (κ1) is 14.8. The maximum atomic E-state index is 4.91. The second-order valence-corrected chi connectivity index (χ2v) is 5.95. The third kappa shape index (κ3) is 2.92. The highest BCUT2D eigenvalue weighted by Gasteiger charge is 2.13. The first-order valence-corrected chi connectivity index (χ1v) is 8.32. The number of hydrogen-bond acceptors (Lipinski definition) is 1. The lowest BCUT2D eigenvalue weighted by molar-refractivity contribution is 0.594. The molecule has 0 amide bonds. The first-order valence-electron chi connectivity index (χ1n) is 8.32. The molecule has 0 radical (unpaired) electrons. The van der Waals surface area contributed by atoms with E-state index < -0.39 is 0 Å². The minimum Gasteiger partial charge on any atom is -0.324 e. The molecule has 0 aliphatic carbocycles. The largest absolute Gasteiger partial charge is 0.324 e. The molecule has 0 N–H and O–H groups in total. The first-order chi connectivity index (χ1) is 10.8. The van der Waals surface area contributed by atoms with Crippen molar-refractivity contribution < 1.29 is 0 Å². The van der Waals surface area contributed by atoms with E-state index in [1.165, 1.54) is 42.3 Å². The summed E-state index contributed by atoms with van der Waals surface area (Å²) in [5.74, 6) is 1.11. The number of benzene rings is 2. The Hall–Kier alpha value is -2.09. The molecule has 0 spiro atoms. The highest BCUT2D eigenvalue weighted by atomic mass is 15.1. The van der Waals surface area contributed by atoms with Gasteiger partial charge in [-0.15, -0.1) is 0 Å². The maximum Gasteiger partial charge on any atom is 0.141 e. The molecule has 1 heterocycles. The fraction of sp³-hybridized carbons (Fsp3) is 0.350. The van der Waals surface area contributed by atoms with E-state index in [0.29, 0.717) is 0 Å². The summed E-state index contributed by atoms with van der Waals surface area (Å²) >= 11 is 0. The highest BCUT2D eigenvalue weighted by Crippen LogP contribution is 2.27. The van der Waals surface area contributed by atoms with Gasteiger partial charge in [0.05, 0.1) is 11.0 Å². The van der Waals surface area contributed by atoms with Crippen LogP contribution in [-0.2, 0) is 6.54 Å². The lowest BCUT2D eigenvalue weighted by Crippen LogP contribution is -2.01. The SMILES string of the molecule is CCCCCCn1c(-c2ccccc2C)nc2ccccc21. The van der Waals surface area contributed by atoms with E-state index in [1.807, 2.05) is 0 Å². The lowest BCUT2D eigenvalue weighted by atomic mass is 10.1. The Kier molecular flexibility index (Phi) is 4.57. The highest BCUT2D eigenvalue weighted by molar-refractivity contribution is 5.81. The van der Waals surface area contributed by atoms with Crippen LogP contribution < -0.4 is 0 Å². The van der Waals surface area contributed by atoms with Gasteiger partial charge in [-0.2, -0.15) is 0 Å². The Morgan fingerprint density at radius 2 is 1.68 bits per heavy atom. The van der Waals surface area contributed by atoms with Gasteiger partial charge in [-0.3, -0.25) is 0 Å². The van der Waals surface area contributed by atoms with Gasteiger partial charge in [0.25, 0.3) is 0 Å². The Balaban J connectivity index is 2.03. The van der Waals surface area contributed by atoms with Crippen LogP contribution >= 0.6 is 0 Å². The quantitative estimate of drug-likeness (QED) is 0.541. The summed E-state index contributed by atoms with van der Waals surface area (Å²) in [5, 5.41) is 0. The van der Waals surface area contributed by atoms with Crippen molar-refractivity contribution in [2.45, 2.75) is 46.1 Å². The van der Waals surface area contributed by atoms with E-state index in [1.54, 1.807) is 0 Å². The van der Waals surface area contributed by atoms with Gasteiger partial charge in [-0.25, -0.2) is 4.98 Å². The molecule has 3 rings (SSSR count). The Labute approximate surface area is 132 Å². The van der Waals surface area contributed by atoms with Crippen molar-refractivity contribution in [1.82, 2.24) is 9.55 Å². The number of para-hydroxylation sites is 2. The lowest BCUT2D eigenvalue weighted by Gasteiger charge is -2.11. The summed E-state index contributed by atoms with van der Waals surface area (Å²) in [6.45, 7) is 5.46. The number of rotatable bonds is 6. The van der Waals surface area contributed by atoms with Crippen LogP contribution in [0, 0.1) is 6.92 Å². The number of nitrogens with zero attached hydrogens (tertiary/aromatic N) is 2. The van der Waals surface area contributed by atoms with E-state index >= 15 is 0 Å². The predicted octanol–water partition coefficient (Wildman–Crippen LogP) is 5.59. The summed E-state index contributed by atoms with van der Waals surface area (Å²) in [6, 6.07) is 17.0. The van der Waals surface area contributed by atoms with Gasteiger partial charge in [0.15, 0.2) is 0 Å². The summed E-state index contributed by atoms with van der Waals surface area (Å²) in [5.41, 5.74) is 4.87. The van der Waals surface area contributed by atoms with E-state index in [0.717, 1.165) is 17.9 Å². The van der Waals surface area contributed by atoms with Gasteiger partial charge in [-0.05, 0) is 31.0 Å². The van der Waals surface area contributed by atoms with Crippen molar-refractivity contribution in [3.05, 3.63) is 54.1 Å². The summed E-state index contributed by atoms with van der Waals surface area (Å²) in [6.07, 6.45) is 5.09. The molecule has 0 unspecified atom stereocenters. The van der Waals surface area contributed by atoms with Crippen LogP contribution in [0.1, 0.15) is 38.2 Å². The standard InChI is InChI=1S/C20H24N2/c1-3-4-5-10-15-22-19-14-9-8-13-18(19)21-20(22)17-12-7-6-11-16(17)2/h6-9,11-14H,3-5,10,15H2,1-2H3. The van der Waals surface area contributed by atoms with Crippen LogP contribution in [0.2, 0.25) is 0 Å². The van der Waals surface area contributed by atoms with Crippen molar-refractivity contribution >= 4 is 11.0 Å². The van der Waals surface area contributed by atoms with Crippen molar-refractivity contribution in [3.8, 4) is 11.4 Å². The minimum atomic E-state index is 1.05. The van der Waals surface area contributed by atoms with Crippen molar-refractivity contribution in [2.75, 3.05) is 0 Å². The number of aryl methyl sites for hydroxylation is 2. The molecule has 0 atom stereocenters. The second-order valence-electron chi connectivity index (χ2n) is 5.95. The Morgan fingerprint density at radius 3 is 2.50 bits per heavy atom. The van der Waals surface area contributed by atoms with Crippen LogP contribution in [0.4, 0.5) is 0 Å². The topological polar surface area (TPSA) is 17.8 Å². The maximum absolute atomic E-state index is 4.91. The molecule has 3 aromatic rings. The molecule has 0 aliphatic heterocycles. The molecule has 114 valence electrons. The Morgan fingerprint density at radius 1 is 0.909 bits per heavy atom. The Bertz CT molecular complexity index is 755. The van der Waals surface area contributed by atoms with Gasteiger partial charge in [0.2, 0.25) is 0 Å². The van der Waals surface area contributed by atoms with E-state index in [4.69, 9.17) is 4.98 Å². The molecule has 1 aromatic heterocycles. The van der Waals surface area contributed by atoms with Crippen molar-refractivity contribution in [1.29, 1.82) is 0 Å². The zero-order chi connectivity index (χ0) is 15.4. The average molecular weight is 292 g/mol. The van der Waals surface area contributed by atoms with Crippen LogP contribution in [0.3, 0.4) is 0 Å². The predicted molar refractivity (Wildman–Crippen MR) is 94.0 cm³/mol. The fourth-order valence-electron chi connectivity index (χ4n) is 3.03. The van der Waals surface area contributed by atoms with Crippen LogP contribution in [0.25, 0.3) is 22.4 Å². The zero-order valence-electron chi connectivity index (χ0n) is 13.5.